The fourth-order valence-electron chi connectivity index (χ4n) is 1.98. The van der Waals surface area contributed by atoms with E-state index in [-0.39, 0.29) is 17.6 Å². The highest BCUT2D eigenvalue weighted by Crippen LogP contribution is 2.24. The maximum atomic E-state index is 12.2. The summed E-state index contributed by atoms with van der Waals surface area (Å²) in [5.41, 5.74) is 0.662. The smallest absolute Gasteiger partial charge is 0.291 e. The van der Waals surface area contributed by atoms with Gasteiger partial charge in [-0.3, -0.25) is 9.59 Å². The van der Waals surface area contributed by atoms with Crippen molar-refractivity contribution in [3.8, 4) is 5.75 Å². The highest BCUT2D eigenvalue weighted by molar-refractivity contribution is 7.18. The summed E-state index contributed by atoms with van der Waals surface area (Å²) in [5.74, 6) is 0.326. The molecule has 3 rings (SSSR count). The first-order valence-corrected chi connectivity index (χ1v) is 7.87. The Morgan fingerprint density at radius 2 is 1.79 bits per heavy atom. The molecule has 0 atom stereocenters. The summed E-state index contributed by atoms with van der Waals surface area (Å²) >= 11 is 1.18. The summed E-state index contributed by atoms with van der Waals surface area (Å²) < 4.78 is 10.1. The van der Waals surface area contributed by atoms with Crippen molar-refractivity contribution in [3.05, 3.63) is 65.4 Å². The van der Waals surface area contributed by atoms with E-state index in [1.807, 2.05) is 0 Å². The Morgan fingerprint density at radius 1 is 1.00 bits per heavy atom. The third-order valence-electron chi connectivity index (χ3n) is 3.16. The number of thiophene rings is 1. The number of hydrogen-bond donors (Lipinski definition) is 2. The number of carbonyl (C=O) groups excluding carboxylic acids is 2. The fraction of sp³-hybridized carbons (Fsp3) is 0.0588. The number of amides is 2. The molecule has 6 nitrogen and oxygen atoms in total. The van der Waals surface area contributed by atoms with Gasteiger partial charge in [0.05, 0.1) is 23.3 Å². The van der Waals surface area contributed by atoms with E-state index in [1.54, 1.807) is 55.6 Å². The highest BCUT2D eigenvalue weighted by Gasteiger charge is 2.13. The number of carbonyl (C=O) groups is 2. The highest BCUT2D eigenvalue weighted by atomic mass is 32.1. The van der Waals surface area contributed by atoms with Crippen LogP contribution in [-0.2, 0) is 0 Å². The van der Waals surface area contributed by atoms with Crippen molar-refractivity contribution in [3.63, 3.8) is 0 Å². The topological polar surface area (TPSA) is 80.6 Å². The zero-order valence-corrected chi connectivity index (χ0v) is 13.6. The van der Waals surface area contributed by atoms with Crippen LogP contribution in [0.1, 0.15) is 20.2 Å². The van der Waals surface area contributed by atoms with Crippen molar-refractivity contribution in [2.75, 3.05) is 17.7 Å². The number of hydrogen-bond acceptors (Lipinski definition) is 5. The Balaban J connectivity index is 1.63. The Hall–Kier alpha value is -3.06. The first kappa shape index (κ1) is 15.8. The van der Waals surface area contributed by atoms with Gasteiger partial charge >= 0.3 is 0 Å². The summed E-state index contributed by atoms with van der Waals surface area (Å²) in [6.07, 6.45) is 1.43. The Kier molecular flexibility index (Phi) is 4.62. The van der Waals surface area contributed by atoms with Crippen LogP contribution >= 0.6 is 11.3 Å². The molecule has 24 heavy (non-hydrogen) atoms. The lowest BCUT2D eigenvalue weighted by Crippen LogP contribution is -2.10. The van der Waals surface area contributed by atoms with Gasteiger partial charge in [0.25, 0.3) is 11.8 Å². The number of rotatable bonds is 5. The van der Waals surface area contributed by atoms with Gasteiger partial charge in [0.1, 0.15) is 5.75 Å². The van der Waals surface area contributed by atoms with E-state index in [0.717, 1.165) is 0 Å². The fourth-order valence-corrected chi connectivity index (χ4v) is 2.77. The monoisotopic (exact) mass is 342 g/mol. The zero-order valence-electron chi connectivity index (χ0n) is 12.7. The van der Waals surface area contributed by atoms with Crippen LogP contribution in [0.3, 0.4) is 0 Å². The quantitative estimate of drug-likeness (QED) is 0.738. The minimum atomic E-state index is -0.357. The van der Waals surface area contributed by atoms with Crippen LogP contribution in [0.15, 0.2) is 59.2 Å². The number of nitrogens with one attached hydrogen (secondary N) is 2. The van der Waals surface area contributed by atoms with Crippen LogP contribution in [0.5, 0.6) is 5.75 Å². The third kappa shape index (κ3) is 3.64. The zero-order chi connectivity index (χ0) is 16.9. The van der Waals surface area contributed by atoms with E-state index in [0.29, 0.717) is 21.3 Å². The molecule has 0 saturated carbocycles. The standard InChI is InChI=1S/C17H14N2O4S/c1-22-12-6-4-11(5-7-12)18-17(21)14-8-9-15(24-14)19-16(20)13-3-2-10-23-13/h2-10H,1H3,(H,18,21)(H,19,20). The van der Waals surface area contributed by atoms with Crippen molar-refractivity contribution < 1.29 is 18.7 Å². The maximum absolute atomic E-state index is 12.2. The molecular formula is C17H14N2O4S. The first-order valence-electron chi connectivity index (χ1n) is 7.06. The maximum Gasteiger partial charge on any atom is 0.291 e. The van der Waals surface area contributed by atoms with Crippen LogP contribution in [-0.4, -0.2) is 18.9 Å². The Bertz CT molecular complexity index is 838. The summed E-state index contributed by atoms with van der Waals surface area (Å²) in [6.45, 7) is 0. The predicted octanol–water partition coefficient (Wildman–Crippen LogP) is 3.85. The molecule has 0 aliphatic heterocycles. The van der Waals surface area contributed by atoms with Crippen molar-refractivity contribution in [2.45, 2.75) is 0 Å². The van der Waals surface area contributed by atoms with Gasteiger partial charge in [-0.15, -0.1) is 11.3 Å². The Labute approximate surface area is 142 Å². The third-order valence-corrected chi connectivity index (χ3v) is 4.16. The average Bonchev–Trinajstić information content (AvgIpc) is 3.27. The molecular weight excluding hydrogens is 328 g/mol. The molecule has 1 aromatic carbocycles. The van der Waals surface area contributed by atoms with Crippen LogP contribution in [0.2, 0.25) is 0 Å². The van der Waals surface area contributed by atoms with Crippen molar-refractivity contribution in [1.29, 1.82) is 0 Å². The lowest BCUT2D eigenvalue weighted by Gasteiger charge is -2.04. The average molecular weight is 342 g/mol. The molecule has 3 aromatic rings. The molecule has 2 N–H and O–H groups in total. The van der Waals surface area contributed by atoms with Gasteiger partial charge in [-0.05, 0) is 48.5 Å². The molecule has 0 radical (unpaired) electrons. The van der Waals surface area contributed by atoms with E-state index in [1.165, 1.54) is 17.6 Å². The van der Waals surface area contributed by atoms with Crippen molar-refractivity contribution in [2.24, 2.45) is 0 Å². The number of benzene rings is 1. The second kappa shape index (κ2) is 7.01. The van der Waals surface area contributed by atoms with Gasteiger partial charge in [0, 0.05) is 5.69 Å². The molecule has 0 bridgehead atoms. The molecule has 0 aliphatic carbocycles. The van der Waals surface area contributed by atoms with Gasteiger partial charge in [-0.1, -0.05) is 0 Å². The van der Waals surface area contributed by atoms with Crippen molar-refractivity contribution >= 4 is 33.8 Å². The number of furan rings is 1. The van der Waals surface area contributed by atoms with E-state index in [2.05, 4.69) is 10.6 Å². The lowest BCUT2D eigenvalue weighted by molar-refractivity contribution is 0.0995. The molecule has 2 amide bonds. The van der Waals surface area contributed by atoms with Crippen LogP contribution in [0.4, 0.5) is 10.7 Å². The van der Waals surface area contributed by atoms with Gasteiger partial charge in [-0.2, -0.15) is 0 Å². The molecule has 0 aliphatic rings. The second-order valence-electron chi connectivity index (χ2n) is 4.78. The van der Waals surface area contributed by atoms with Crippen LogP contribution < -0.4 is 15.4 Å². The van der Waals surface area contributed by atoms with Crippen LogP contribution in [0, 0.1) is 0 Å². The van der Waals surface area contributed by atoms with E-state index in [9.17, 15) is 9.59 Å². The summed E-state index contributed by atoms with van der Waals surface area (Å²) in [7, 11) is 1.58. The number of ether oxygens (including phenoxy) is 1. The molecule has 0 saturated heterocycles. The molecule has 7 heteroatoms. The summed E-state index contributed by atoms with van der Waals surface area (Å²) in [6, 6.07) is 13.6. The largest absolute Gasteiger partial charge is 0.497 e. The van der Waals surface area contributed by atoms with Gasteiger partial charge in [0.15, 0.2) is 5.76 Å². The summed E-state index contributed by atoms with van der Waals surface area (Å²) in [4.78, 5) is 24.6. The lowest BCUT2D eigenvalue weighted by atomic mass is 10.3. The van der Waals surface area contributed by atoms with Gasteiger partial charge in [0.2, 0.25) is 0 Å². The first-order chi connectivity index (χ1) is 11.7. The summed E-state index contributed by atoms with van der Waals surface area (Å²) in [5, 5.41) is 6.04. The van der Waals surface area contributed by atoms with Crippen LogP contribution in [0.25, 0.3) is 0 Å². The number of anilines is 2. The Morgan fingerprint density at radius 3 is 2.46 bits per heavy atom. The SMILES string of the molecule is COc1ccc(NC(=O)c2ccc(NC(=O)c3ccco3)s2)cc1. The van der Waals surface area contributed by atoms with E-state index in [4.69, 9.17) is 9.15 Å². The second-order valence-corrected chi connectivity index (χ2v) is 5.86. The van der Waals surface area contributed by atoms with E-state index >= 15 is 0 Å². The van der Waals surface area contributed by atoms with E-state index < -0.39 is 0 Å². The molecule has 2 heterocycles. The molecule has 122 valence electrons. The van der Waals surface area contributed by atoms with Gasteiger partial charge < -0.3 is 19.8 Å². The molecule has 0 unspecified atom stereocenters. The number of methoxy groups -OCH3 is 1. The normalized spacial score (nSPS) is 10.2. The predicted molar refractivity (Wildman–Crippen MR) is 91.9 cm³/mol. The molecule has 2 aromatic heterocycles. The molecule has 0 fully saturated rings. The van der Waals surface area contributed by atoms with Gasteiger partial charge in [-0.25, -0.2) is 0 Å². The minimum absolute atomic E-state index is 0.215. The molecule has 0 spiro atoms. The van der Waals surface area contributed by atoms with Crippen molar-refractivity contribution in [1.82, 2.24) is 0 Å². The minimum Gasteiger partial charge on any atom is -0.497 e.